The predicted octanol–water partition coefficient (Wildman–Crippen LogP) is 0.418. The maximum atomic E-state index is 11.5. The number of carboxylic acid groups (broad SMARTS) is 2. The van der Waals surface area contributed by atoms with Crippen LogP contribution in [0.3, 0.4) is 0 Å². The Balaban J connectivity index is 2.52. The van der Waals surface area contributed by atoms with E-state index in [2.05, 4.69) is 5.32 Å². The van der Waals surface area contributed by atoms with E-state index in [-0.39, 0.29) is 6.61 Å². The maximum absolute atomic E-state index is 11.5. The Hall–Kier alpha value is -2.57. The number of hydrogen-bond acceptors (Lipinski definition) is 4. The van der Waals surface area contributed by atoms with Gasteiger partial charge in [0.2, 0.25) is 0 Å². The van der Waals surface area contributed by atoms with Crippen LogP contribution in [0.1, 0.15) is 12.0 Å². The summed E-state index contributed by atoms with van der Waals surface area (Å²) in [5, 5.41) is 19.4. The molecule has 0 aliphatic carbocycles. The summed E-state index contributed by atoms with van der Waals surface area (Å²) < 4.78 is 5.23. The molecule has 0 radical (unpaired) electrons. The largest absolute Gasteiger partial charge is 0.484 e. The Morgan fingerprint density at radius 2 is 1.90 bits per heavy atom. The Bertz CT molecular complexity index is 513. The molecule has 108 valence electrons. The first kappa shape index (κ1) is 15.5. The fourth-order valence-corrected chi connectivity index (χ4v) is 1.47. The third-order valence-electron chi connectivity index (χ3n) is 2.46. The first-order valence-corrected chi connectivity index (χ1v) is 5.82. The SMILES string of the molecule is Cc1ccccc1OCC(=O)N[C@@H](CC(=O)O)C(=O)O. The number of carbonyl (C=O) groups is 3. The van der Waals surface area contributed by atoms with E-state index in [0.29, 0.717) is 5.75 Å². The summed E-state index contributed by atoms with van der Waals surface area (Å²) in [5.41, 5.74) is 0.834. The van der Waals surface area contributed by atoms with Crippen molar-refractivity contribution >= 4 is 17.8 Å². The van der Waals surface area contributed by atoms with E-state index < -0.39 is 30.3 Å². The fourth-order valence-electron chi connectivity index (χ4n) is 1.47. The van der Waals surface area contributed by atoms with E-state index in [1.807, 2.05) is 6.07 Å². The minimum Gasteiger partial charge on any atom is -0.484 e. The van der Waals surface area contributed by atoms with Gasteiger partial charge in [-0.25, -0.2) is 4.79 Å². The molecule has 0 spiro atoms. The molecule has 1 atom stereocenters. The van der Waals surface area contributed by atoms with Gasteiger partial charge in [-0.1, -0.05) is 18.2 Å². The van der Waals surface area contributed by atoms with Crippen LogP contribution in [0.4, 0.5) is 0 Å². The lowest BCUT2D eigenvalue weighted by Gasteiger charge is -2.13. The molecule has 1 aromatic rings. The van der Waals surface area contributed by atoms with Crippen LogP contribution in [0, 0.1) is 6.92 Å². The number of benzene rings is 1. The molecule has 0 aliphatic heterocycles. The zero-order valence-electron chi connectivity index (χ0n) is 10.8. The number of carboxylic acids is 2. The zero-order valence-corrected chi connectivity index (χ0v) is 10.8. The van der Waals surface area contributed by atoms with Gasteiger partial charge in [0.25, 0.3) is 5.91 Å². The van der Waals surface area contributed by atoms with Crippen LogP contribution in [-0.2, 0) is 14.4 Å². The molecule has 0 fully saturated rings. The van der Waals surface area contributed by atoms with Crippen LogP contribution in [0.2, 0.25) is 0 Å². The second kappa shape index (κ2) is 7.13. The van der Waals surface area contributed by atoms with Gasteiger partial charge in [-0.2, -0.15) is 0 Å². The molecule has 0 aromatic heterocycles. The molecule has 7 nitrogen and oxygen atoms in total. The lowest BCUT2D eigenvalue weighted by molar-refractivity contribution is -0.147. The molecular formula is C13H15NO6. The number of para-hydroxylation sites is 1. The summed E-state index contributed by atoms with van der Waals surface area (Å²) in [7, 11) is 0. The summed E-state index contributed by atoms with van der Waals surface area (Å²) >= 11 is 0. The van der Waals surface area contributed by atoms with E-state index in [9.17, 15) is 14.4 Å². The third kappa shape index (κ3) is 4.97. The molecule has 0 heterocycles. The van der Waals surface area contributed by atoms with Crippen LogP contribution >= 0.6 is 0 Å². The summed E-state index contributed by atoms with van der Waals surface area (Å²) in [4.78, 5) is 32.8. The lowest BCUT2D eigenvalue weighted by Crippen LogP contribution is -2.44. The standard InChI is InChI=1S/C13H15NO6/c1-8-4-2-3-5-10(8)20-7-11(15)14-9(13(18)19)6-12(16)17/h2-5,9H,6-7H2,1H3,(H,14,15)(H,16,17)(H,18,19)/t9-/m0/s1. The van der Waals surface area contributed by atoms with Gasteiger partial charge in [0.05, 0.1) is 6.42 Å². The van der Waals surface area contributed by atoms with Crippen LogP contribution in [0.5, 0.6) is 5.75 Å². The molecule has 0 unspecified atom stereocenters. The van der Waals surface area contributed by atoms with E-state index in [4.69, 9.17) is 14.9 Å². The van der Waals surface area contributed by atoms with E-state index in [1.165, 1.54) is 0 Å². The van der Waals surface area contributed by atoms with Crippen LogP contribution in [0.25, 0.3) is 0 Å². The third-order valence-corrected chi connectivity index (χ3v) is 2.46. The number of rotatable bonds is 7. The quantitative estimate of drug-likeness (QED) is 0.667. The van der Waals surface area contributed by atoms with Crippen molar-refractivity contribution in [2.45, 2.75) is 19.4 Å². The Kier molecular flexibility index (Phi) is 5.52. The molecule has 0 aliphatic rings. The molecule has 1 aromatic carbocycles. The Morgan fingerprint density at radius 1 is 1.25 bits per heavy atom. The number of aryl methyl sites for hydroxylation is 1. The number of amides is 1. The van der Waals surface area contributed by atoms with Crippen LogP contribution in [-0.4, -0.2) is 40.7 Å². The first-order valence-electron chi connectivity index (χ1n) is 5.82. The van der Waals surface area contributed by atoms with Gasteiger partial charge in [0.1, 0.15) is 11.8 Å². The zero-order chi connectivity index (χ0) is 15.1. The van der Waals surface area contributed by atoms with Crippen molar-refractivity contribution in [2.24, 2.45) is 0 Å². The molecule has 0 saturated heterocycles. The van der Waals surface area contributed by atoms with Crippen LogP contribution < -0.4 is 10.1 Å². The average molecular weight is 281 g/mol. The van der Waals surface area contributed by atoms with Crippen molar-refractivity contribution in [3.05, 3.63) is 29.8 Å². The Labute approximate surface area is 115 Å². The number of ether oxygens (including phenoxy) is 1. The Morgan fingerprint density at radius 3 is 2.45 bits per heavy atom. The van der Waals surface area contributed by atoms with Crippen molar-refractivity contribution < 1.29 is 29.3 Å². The van der Waals surface area contributed by atoms with Crippen molar-refractivity contribution in [3.8, 4) is 5.75 Å². The molecule has 20 heavy (non-hydrogen) atoms. The van der Waals surface area contributed by atoms with Gasteiger partial charge in [0, 0.05) is 0 Å². The lowest BCUT2D eigenvalue weighted by atomic mass is 10.2. The maximum Gasteiger partial charge on any atom is 0.326 e. The molecule has 0 saturated carbocycles. The van der Waals surface area contributed by atoms with Gasteiger partial charge in [-0.3, -0.25) is 9.59 Å². The van der Waals surface area contributed by atoms with Gasteiger partial charge >= 0.3 is 11.9 Å². The van der Waals surface area contributed by atoms with E-state index in [0.717, 1.165) is 5.56 Å². The molecule has 1 amide bonds. The number of carbonyl (C=O) groups excluding carboxylic acids is 1. The van der Waals surface area contributed by atoms with E-state index in [1.54, 1.807) is 25.1 Å². The van der Waals surface area contributed by atoms with Crippen molar-refractivity contribution in [2.75, 3.05) is 6.61 Å². The van der Waals surface area contributed by atoms with E-state index >= 15 is 0 Å². The smallest absolute Gasteiger partial charge is 0.326 e. The average Bonchev–Trinajstić information content (AvgIpc) is 2.36. The van der Waals surface area contributed by atoms with Gasteiger partial charge < -0.3 is 20.3 Å². The van der Waals surface area contributed by atoms with Crippen molar-refractivity contribution in [1.82, 2.24) is 5.32 Å². The predicted molar refractivity (Wildman–Crippen MR) is 68.5 cm³/mol. The molecule has 0 bridgehead atoms. The molecule has 1 rings (SSSR count). The minimum atomic E-state index is -1.47. The highest BCUT2D eigenvalue weighted by molar-refractivity contribution is 5.87. The number of hydrogen-bond donors (Lipinski definition) is 3. The second-order valence-electron chi connectivity index (χ2n) is 4.11. The normalized spacial score (nSPS) is 11.4. The monoisotopic (exact) mass is 281 g/mol. The molecule has 3 N–H and O–H groups in total. The summed E-state index contributed by atoms with van der Waals surface area (Å²) in [6.07, 6.45) is -0.689. The number of aliphatic carboxylic acids is 2. The highest BCUT2D eigenvalue weighted by Crippen LogP contribution is 2.15. The second-order valence-corrected chi connectivity index (χ2v) is 4.11. The fraction of sp³-hybridized carbons (Fsp3) is 0.308. The van der Waals surface area contributed by atoms with Crippen molar-refractivity contribution in [1.29, 1.82) is 0 Å². The van der Waals surface area contributed by atoms with Gasteiger partial charge in [-0.05, 0) is 18.6 Å². The summed E-state index contributed by atoms with van der Waals surface area (Å²) in [6.45, 7) is 1.42. The summed E-state index contributed by atoms with van der Waals surface area (Å²) in [6, 6.07) is 5.56. The molecule has 7 heteroatoms. The highest BCUT2D eigenvalue weighted by atomic mass is 16.5. The van der Waals surface area contributed by atoms with Crippen molar-refractivity contribution in [3.63, 3.8) is 0 Å². The highest BCUT2D eigenvalue weighted by Gasteiger charge is 2.23. The van der Waals surface area contributed by atoms with Gasteiger partial charge in [0.15, 0.2) is 6.61 Å². The molecular weight excluding hydrogens is 266 g/mol. The number of nitrogens with one attached hydrogen (secondary N) is 1. The first-order chi connectivity index (χ1) is 9.40. The van der Waals surface area contributed by atoms with Gasteiger partial charge in [-0.15, -0.1) is 0 Å². The topological polar surface area (TPSA) is 113 Å². The minimum absolute atomic E-state index is 0.381. The van der Waals surface area contributed by atoms with Crippen LogP contribution in [0.15, 0.2) is 24.3 Å². The summed E-state index contributed by atoms with van der Waals surface area (Å²) in [5.74, 6) is -2.90.